The van der Waals surface area contributed by atoms with E-state index in [1.54, 1.807) is 0 Å². The SMILES string of the molecule is CC(C)(C)[C@]12CC[C@@H](CN(c3nc(Cl)nc4c(F)c(Cl)ncc34)C1)N2. The van der Waals surface area contributed by atoms with Crippen LogP contribution in [0.5, 0.6) is 0 Å². The number of pyridine rings is 1. The van der Waals surface area contributed by atoms with E-state index in [9.17, 15) is 4.39 Å². The molecule has 0 radical (unpaired) electrons. The molecule has 2 aliphatic rings. The fraction of sp³-hybridized carbons (Fsp3) is 0.588. The first-order valence-electron chi connectivity index (χ1n) is 8.40. The first kappa shape index (κ1) is 17.2. The van der Waals surface area contributed by atoms with Crippen molar-refractivity contribution < 1.29 is 4.39 Å². The Morgan fingerprint density at radius 1 is 1.32 bits per heavy atom. The van der Waals surface area contributed by atoms with Gasteiger partial charge in [0, 0.05) is 30.9 Å². The summed E-state index contributed by atoms with van der Waals surface area (Å²) in [7, 11) is 0. The van der Waals surface area contributed by atoms with Crippen molar-refractivity contribution in [3.05, 3.63) is 22.5 Å². The molecule has 134 valence electrons. The molecule has 2 saturated heterocycles. The Morgan fingerprint density at radius 3 is 2.80 bits per heavy atom. The molecule has 8 heteroatoms. The third kappa shape index (κ3) is 2.66. The van der Waals surface area contributed by atoms with Crippen LogP contribution in [-0.4, -0.2) is 39.6 Å². The maximum Gasteiger partial charge on any atom is 0.225 e. The Balaban J connectivity index is 1.84. The average molecular weight is 384 g/mol. The van der Waals surface area contributed by atoms with Gasteiger partial charge in [0.15, 0.2) is 11.0 Å². The van der Waals surface area contributed by atoms with Gasteiger partial charge in [0.25, 0.3) is 0 Å². The monoisotopic (exact) mass is 383 g/mol. The average Bonchev–Trinajstić information content (AvgIpc) is 2.86. The number of hydrogen-bond acceptors (Lipinski definition) is 5. The minimum atomic E-state index is -0.659. The van der Waals surface area contributed by atoms with Gasteiger partial charge in [0.05, 0.1) is 5.39 Å². The molecule has 2 fully saturated rings. The van der Waals surface area contributed by atoms with Crippen molar-refractivity contribution in [3.8, 4) is 0 Å². The molecule has 2 aliphatic heterocycles. The zero-order chi connectivity index (χ0) is 18.0. The summed E-state index contributed by atoms with van der Waals surface area (Å²) in [4.78, 5) is 14.6. The van der Waals surface area contributed by atoms with E-state index in [4.69, 9.17) is 23.2 Å². The second-order valence-corrected chi connectivity index (χ2v) is 8.73. The summed E-state index contributed by atoms with van der Waals surface area (Å²) in [5.74, 6) is -0.0338. The number of nitrogens with zero attached hydrogens (tertiary/aromatic N) is 4. The lowest BCUT2D eigenvalue weighted by Gasteiger charge is -2.49. The third-order valence-corrected chi connectivity index (χ3v) is 6.06. The van der Waals surface area contributed by atoms with Gasteiger partial charge in [0.2, 0.25) is 5.28 Å². The highest BCUT2D eigenvalue weighted by molar-refractivity contribution is 6.30. The highest BCUT2D eigenvalue weighted by Gasteiger charge is 2.51. The van der Waals surface area contributed by atoms with E-state index in [0.29, 0.717) is 17.2 Å². The number of hydrogen-bond donors (Lipinski definition) is 1. The predicted molar refractivity (Wildman–Crippen MR) is 97.9 cm³/mol. The number of anilines is 1. The largest absolute Gasteiger partial charge is 0.352 e. The number of aromatic nitrogens is 3. The molecule has 2 bridgehead atoms. The van der Waals surface area contributed by atoms with Gasteiger partial charge in [-0.25, -0.2) is 14.4 Å². The molecule has 1 N–H and O–H groups in total. The zero-order valence-corrected chi connectivity index (χ0v) is 15.9. The van der Waals surface area contributed by atoms with Gasteiger partial charge >= 0.3 is 0 Å². The van der Waals surface area contributed by atoms with Crippen molar-refractivity contribution in [1.29, 1.82) is 0 Å². The highest BCUT2D eigenvalue weighted by Crippen LogP contribution is 2.44. The minimum Gasteiger partial charge on any atom is -0.352 e. The molecule has 0 unspecified atom stereocenters. The summed E-state index contributed by atoms with van der Waals surface area (Å²) in [5.41, 5.74) is 0.184. The van der Waals surface area contributed by atoms with E-state index < -0.39 is 5.82 Å². The summed E-state index contributed by atoms with van der Waals surface area (Å²) in [6.07, 6.45) is 3.75. The van der Waals surface area contributed by atoms with Gasteiger partial charge in [0.1, 0.15) is 11.3 Å². The van der Waals surface area contributed by atoms with Gasteiger partial charge in [-0.1, -0.05) is 32.4 Å². The van der Waals surface area contributed by atoms with Crippen LogP contribution in [0, 0.1) is 11.2 Å². The maximum atomic E-state index is 14.4. The van der Waals surface area contributed by atoms with Crippen LogP contribution in [0.3, 0.4) is 0 Å². The lowest BCUT2D eigenvalue weighted by Crippen LogP contribution is -2.65. The number of nitrogens with one attached hydrogen (secondary N) is 1. The summed E-state index contributed by atoms with van der Waals surface area (Å²) in [6, 6.07) is 0.377. The standard InChI is InChI=1S/C17H20Cl2FN5/c1-16(2,3)17-5-4-9(24-17)7-25(8-17)14-10-6-21-13(18)11(20)12(10)22-15(19)23-14/h6,9,24H,4-5,7-8H2,1-3H3/t9-,17-/m0/s1. The number of halogens is 3. The van der Waals surface area contributed by atoms with E-state index in [-0.39, 0.29) is 26.9 Å². The summed E-state index contributed by atoms with van der Waals surface area (Å²) < 4.78 is 14.4. The summed E-state index contributed by atoms with van der Waals surface area (Å²) in [6.45, 7) is 8.32. The molecule has 2 atom stereocenters. The van der Waals surface area contributed by atoms with E-state index in [0.717, 1.165) is 25.9 Å². The summed E-state index contributed by atoms with van der Waals surface area (Å²) >= 11 is 11.9. The highest BCUT2D eigenvalue weighted by atomic mass is 35.5. The molecule has 0 aromatic carbocycles. The van der Waals surface area contributed by atoms with Crippen molar-refractivity contribution in [2.75, 3.05) is 18.0 Å². The van der Waals surface area contributed by atoms with Crippen LogP contribution >= 0.6 is 23.2 Å². The molecule has 0 spiro atoms. The second-order valence-electron chi connectivity index (χ2n) is 8.03. The van der Waals surface area contributed by atoms with Crippen LogP contribution in [0.15, 0.2) is 6.20 Å². The number of fused-ring (bicyclic) bond motifs is 3. The normalized spacial score (nSPS) is 26.5. The first-order chi connectivity index (χ1) is 11.7. The van der Waals surface area contributed by atoms with Crippen LogP contribution < -0.4 is 10.2 Å². The van der Waals surface area contributed by atoms with Crippen LogP contribution in [0.4, 0.5) is 10.2 Å². The van der Waals surface area contributed by atoms with Crippen molar-refractivity contribution in [1.82, 2.24) is 20.3 Å². The molecular formula is C17H20Cl2FN5. The van der Waals surface area contributed by atoms with E-state index in [2.05, 4.69) is 45.9 Å². The molecule has 4 rings (SSSR count). The predicted octanol–water partition coefficient (Wildman–Crippen LogP) is 3.83. The molecule has 2 aromatic heterocycles. The molecular weight excluding hydrogens is 364 g/mol. The molecule has 2 aromatic rings. The van der Waals surface area contributed by atoms with Gasteiger partial charge in [-0.15, -0.1) is 0 Å². The van der Waals surface area contributed by atoms with E-state index in [1.807, 2.05) is 0 Å². The topological polar surface area (TPSA) is 53.9 Å². The van der Waals surface area contributed by atoms with Crippen LogP contribution in [0.2, 0.25) is 10.4 Å². The fourth-order valence-corrected chi connectivity index (χ4v) is 4.40. The Morgan fingerprint density at radius 2 is 2.08 bits per heavy atom. The Bertz CT molecular complexity index is 853. The number of rotatable bonds is 1. The van der Waals surface area contributed by atoms with Crippen molar-refractivity contribution in [3.63, 3.8) is 0 Å². The van der Waals surface area contributed by atoms with Crippen molar-refractivity contribution >= 4 is 39.9 Å². The van der Waals surface area contributed by atoms with Gasteiger partial charge in [-0.2, -0.15) is 4.98 Å². The molecule has 25 heavy (non-hydrogen) atoms. The second kappa shape index (κ2) is 5.63. The van der Waals surface area contributed by atoms with Gasteiger partial charge in [-0.3, -0.25) is 0 Å². The van der Waals surface area contributed by atoms with E-state index >= 15 is 0 Å². The van der Waals surface area contributed by atoms with Crippen LogP contribution in [-0.2, 0) is 0 Å². The molecule has 0 aliphatic carbocycles. The van der Waals surface area contributed by atoms with Crippen molar-refractivity contribution in [2.45, 2.75) is 45.2 Å². The Kier molecular flexibility index (Phi) is 3.87. The molecule has 0 amide bonds. The Hall–Kier alpha value is -1.24. The lowest BCUT2D eigenvalue weighted by molar-refractivity contribution is 0.145. The zero-order valence-electron chi connectivity index (χ0n) is 14.4. The Labute approximate surface area is 155 Å². The summed E-state index contributed by atoms with van der Waals surface area (Å²) in [5, 5.41) is 4.14. The van der Waals surface area contributed by atoms with Crippen LogP contribution in [0.1, 0.15) is 33.6 Å². The minimum absolute atomic E-state index is 0.0133. The van der Waals surface area contributed by atoms with E-state index in [1.165, 1.54) is 6.20 Å². The van der Waals surface area contributed by atoms with Gasteiger partial charge < -0.3 is 10.2 Å². The third-order valence-electron chi connectivity index (χ3n) is 5.63. The molecule has 5 nitrogen and oxygen atoms in total. The smallest absolute Gasteiger partial charge is 0.225 e. The fourth-order valence-electron chi connectivity index (χ4n) is 4.10. The number of piperazine rings is 1. The lowest BCUT2D eigenvalue weighted by atomic mass is 9.72. The molecule has 4 heterocycles. The van der Waals surface area contributed by atoms with Crippen LogP contribution in [0.25, 0.3) is 10.9 Å². The van der Waals surface area contributed by atoms with Gasteiger partial charge in [-0.05, 0) is 29.9 Å². The first-order valence-corrected chi connectivity index (χ1v) is 9.16. The maximum absolute atomic E-state index is 14.4. The quantitative estimate of drug-likeness (QED) is 0.598. The molecule has 0 saturated carbocycles. The van der Waals surface area contributed by atoms with Crippen molar-refractivity contribution in [2.24, 2.45) is 5.41 Å².